The van der Waals surface area contributed by atoms with E-state index < -0.39 is 0 Å². The van der Waals surface area contributed by atoms with E-state index in [4.69, 9.17) is 0 Å². The summed E-state index contributed by atoms with van der Waals surface area (Å²) in [6.07, 6.45) is 5.84. The fourth-order valence-corrected chi connectivity index (χ4v) is 17.7. The Balaban J connectivity index is 1.43. The van der Waals surface area contributed by atoms with E-state index in [-0.39, 0.29) is 0 Å². The van der Waals surface area contributed by atoms with Crippen molar-refractivity contribution < 1.29 is 0 Å². The summed E-state index contributed by atoms with van der Waals surface area (Å²) in [6.45, 7) is 0. The van der Waals surface area contributed by atoms with Gasteiger partial charge < -0.3 is 0 Å². The Bertz CT molecular complexity index is 336. The van der Waals surface area contributed by atoms with Crippen LogP contribution in [0.15, 0.2) is 0 Å². The third kappa shape index (κ3) is 6.22. The predicted molar refractivity (Wildman–Crippen MR) is 96.3 cm³/mol. The molecule has 0 aromatic rings. The Labute approximate surface area is 163 Å². The predicted octanol–water partition coefficient (Wildman–Crippen LogP) is 1.83. The molecule has 0 aliphatic carbocycles. The molecule has 4 unspecified atom stereocenters. The Hall–Kier alpha value is 3.06. The number of thioether (sulfide) groups is 2. The van der Waals surface area contributed by atoms with Crippen LogP contribution < -0.4 is 0 Å². The first-order chi connectivity index (χ1) is 9.20. The van der Waals surface area contributed by atoms with Crippen molar-refractivity contribution in [2.24, 2.45) is 0 Å². The van der Waals surface area contributed by atoms with Crippen LogP contribution in [0.25, 0.3) is 0 Å². The summed E-state index contributed by atoms with van der Waals surface area (Å²) in [7, 11) is 0. The second-order valence-corrected chi connectivity index (χ2v) is 18.3. The van der Waals surface area contributed by atoms with E-state index in [1.807, 2.05) is 7.10 Å². The van der Waals surface area contributed by atoms with Gasteiger partial charge in [0.2, 0.25) is 0 Å². The Kier molecular flexibility index (Phi) is 7.33. The normalized spacial score (nSPS) is 36.2. The maximum atomic E-state index is 2.36. The van der Waals surface area contributed by atoms with Crippen LogP contribution in [0.2, 0.25) is 13.9 Å². The fourth-order valence-electron chi connectivity index (χ4n) is 2.30. The molecule has 3 aliphatic heterocycles. The number of hydrogen-bond donors (Lipinski definition) is 0. The van der Waals surface area contributed by atoms with E-state index in [2.05, 4.69) is 67.2 Å². The fraction of sp³-hybridized carbons (Fsp3) is 0.846. The third-order valence-electron chi connectivity index (χ3n) is 3.55. The van der Waals surface area contributed by atoms with Crippen molar-refractivity contribution in [2.45, 2.75) is 50.0 Å². The van der Waals surface area contributed by atoms with E-state index >= 15 is 0 Å². The number of rotatable bonds is 8. The van der Waals surface area contributed by atoms with Crippen molar-refractivity contribution in [3.63, 3.8) is 0 Å². The van der Waals surface area contributed by atoms with E-state index in [1.54, 1.807) is 4.22 Å². The molecule has 0 bridgehead atoms. The summed E-state index contributed by atoms with van der Waals surface area (Å²) in [5, 5.41) is 2.03. The summed E-state index contributed by atoms with van der Waals surface area (Å²) in [4.78, 5) is 2.23. The Morgan fingerprint density at radius 1 is 0.842 bits per heavy atom. The molecular weight excluding hydrogens is 633 g/mol. The summed E-state index contributed by atoms with van der Waals surface area (Å²) < 4.78 is 5.28. The van der Waals surface area contributed by atoms with Crippen molar-refractivity contribution in [2.75, 3.05) is 11.5 Å². The summed E-state index contributed by atoms with van der Waals surface area (Å²) in [6, 6.07) is 0. The van der Waals surface area contributed by atoms with Crippen LogP contribution in [0.4, 0.5) is 0 Å². The molecule has 3 rings (SSSR count). The van der Waals surface area contributed by atoms with Gasteiger partial charge in [0.15, 0.2) is 0 Å². The van der Waals surface area contributed by atoms with Crippen LogP contribution in [0.1, 0.15) is 25.7 Å². The molecule has 0 saturated carbocycles. The van der Waals surface area contributed by atoms with E-state index in [0.717, 1.165) is 50.0 Å². The topological polar surface area (TPSA) is 0 Å². The minimum absolute atomic E-state index is 0.972. The zero-order chi connectivity index (χ0) is 13.2. The van der Waals surface area contributed by atoms with Crippen molar-refractivity contribution in [3.05, 3.63) is 0 Å². The van der Waals surface area contributed by atoms with Gasteiger partial charge in [-0.3, -0.25) is 0 Å². The van der Waals surface area contributed by atoms with Gasteiger partial charge in [-0.05, 0) is 0 Å². The molecule has 3 saturated heterocycles. The van der Waals surface area contributed by atoms with Gasteiger partial charge in [-0.15, -0.1) is 0 Å². The molecule has 3 fully saturated rings. The van der Waals surface area contributed by atoms with E-state index in [1.165, 1.54) is 37.2 Å². The monoisotopic (exact) mass is 658 g/mol. The van der Waals surface area contributed by atoms with Crippen LogP contribution in [0.5, 0.6) is 0 Å². The molecule has 0 aromatic heterocycles. The minimum atomic E-state index is 0.972. The molecule has 0 aromatic carbocycles. The molecule has 0 amide bonds. The van der Waals surface area contributed by atoms with Gasteiger partial charge in [0, 0.05) is 0 Å². The van der Waals surface area contributed by atoms with Gasteiger partial charge in [-0.1, -0.05) is 0 Å². The second kappa shape index (κ2) is 8.24. The van der Waals surface area contributed by atoms with Crippen molar-refractivity contribution in [1.29, 1.82) is 0 Å². The number of hydrogen-bond acceptors (Lipinski definition) is 2. The molecule has 0 N–H and O–H groups in total. The first kappa shape index (κ1) is 16.9. The summed E-state index contributed by atoms with van der Waals surface area (Å²) >= 11 is 11.0. The molecular formula is C13H18S2Se2Te2. The van der Waals surface area contributed by atoms with Crippen molar-refractivity contribution >= 4 is 104 Å². The first-order valence-electron chi connectivity index (χ1n) is 6.70. The van der Waals surface area contributed by atoms with Gasteiger partial charge in [0.05, 0.1) is 0 Å². The van der Waals surface area contributed by atoms with Crippen LogP contribution in [0, 0.1) is 0 Å². The SMILES string of the molecule is [Te]=C(CC1CS1)CC1[Se]C[Se]C1CC(=[Te])CC1CS1. The average Bonchev–Trinajstić information content (AvgIpc) is 3.25. The summed E-state index contributed by atoms with van der Waals surface area (Å²) in [5.41, 5.74) is 0. The van der Waals surface area contributed by atoms with Gasteiger partial charge in [0.25, 0.3) is 0 Å². The van der Waals surface area contributed by atoms with Crippen LogP contribution in [-0.2, 0) is 0 Å². The third-order valence-corrected chi connectivity index (χ3v) is 15.7. The zero-order valence-electron chi connectivity index (χ0n) is 10.7. The average molecular weight is 652 g/mol. The molecule has 0 radical (unpaired) electrons. The Morgan fingerprint density at radius 3 is 1.63 bits per heavy atom. The Morgan fingerprint density at radius 2 is 1.26 bits per heavy atom. The van der Waals surface area contributed by atoms with Gasteiger partial charge >= 0.3 is 166 Å². The molecule has 3 aliphatic rings. The van der Waals surface area contributed by atoms with Crippen LogP contribution in [0.3, 0.4) is 0 Å². The molecule has 106 valence electrons. The van der Waals surface area contributed by atoms with E-state index in [9.17, 15) is 0 Å². The van der Waals surface area contributed by atoms with Crippen LogP contribution >= 0.6 is 23.5 Å². The van der Waals surface area contributed by atoms with Gasteiger partial charge in [-0.25, -0.2) is 0 Å². The van der Waals surface area contributed by atoms with Gasteiger partial charge in [0.1, 0.15) is 0 Å². The molecule has 4 atom stereocenters. The first-order valence-corrected chi connectivity index (χ1v) is 15.5. The van der Waals surface area contributed by atoms with Gasteiger partial charge in [-0.2, -0.15) is 0 Å². The van der Waals surface area contributed by atoms with Crippen LogP contribution in [-0.4, -0.2) is 103 Å². The van der Waals surface area contributed by atoms with Crippen molar-refractivity contribution in [3.8, 4) is 0 Å². The molecule has 6 heteroatoms. The molecule has 19 heavy (non-hydrogen) atoms. The molecule has 3 heterocycles. The summed E-state index contributed by atoms with van der Waals surface area (Å²) in [5.74, 6) is 2.88. The second-order valence-electron chi connectivity index (χ2n) is 5.33. The van der Waals surface area contributed by atoms with Crippen molar-refractivity contribution in [1.82, 2.24) is 0 Å². The standard InChI is InChI=1S/C13H18S2Se2Te2/c18-10(1-8-5-14-8)3-12-13(17-7-16-12)4-11(19)2-9-6-15-9/h8-9,12-13H,1-7H2. The van der Waals surface area contributed by atoms with E-state index in [0.29, 0.717) is 0 Å². The maximum absolute atomic E-state index is 2.36. The molecule has 0 spiro atoms. The molecule has 0 nitrogen and oxygen atoms in total. The zero-order valence-corrected chi connectivity index (χ0v) is 20.4. The quantitative estimate of drug-likeness (QED) is 0.291.